The van der Waals surface area contributed by atoms with Crippen LogP contribution in [0.1, 0.15) is 24.4 Å². The molecule has 0 fully saturated rings. The van der Waals surface area contributed by atoms with E-state index in [0.29, 0.717) is 12.2 Å². The fourth-order valence-corrected chi connectivity index (χ4v) is 1.70. The van der Waals surface area contributed by atoms with Crippen molar-refractivity contribution in [2.24, 2.45) is 0 Å². The molecule has 0 radical (unpaired) electrons. The van der Waals surface area contributed by atoms with Crippen LogP contribution < -0.4 is 4.74 Å². The lowest BCUT2D eigenvalue weighted by molar-refractivity contribution is -0.140. The van der Waals surface area contributed by atoms with Crippen LogP contribution in [0.5, 0.6) is 5.75 Å². The zero-order valence-electron chi connectivity index (χ0n) is 10.6. The molecule has 0 bridgehead atoms. The van der Waals surface area contributed by atoms with Crippen molar-refractivity contribution in [3.63, 3.8) is 0 Å². The Hall–Kier alpha value is -2.44. The number of methoxy groups -OCH3 is 1. The Kier molecular flexibility index (Phi) is 3.74. The van der Waals surface area contributed by atoms with Crippen LogP contribution in [0.2, 0.25) is 0 Å². The molecule has 0 aliphatic rings. The number of carboxylic acid groups (broad SMARTS) is 1. The van der Waals surface area contributed by atoms with E-state index in [1.807, 2.05) is 24.3 Å². The van der Waals surface area contributed by atoms with E-state index in [9.17, 15) is 4.79 Å². The summed E-state index contributed by atoms with van der Waals surface area (Å²) >= 11 is 0. The van der Waals surface area contributed by atoms with Gasteiger partial charge in [0.25, 0.3) is 0 Å². The van der Waals surface area contributed by atoms with E-state index < -0.39 is 12.0 Å². The third kappa shape index (κ3) is 2.87. The van der Waals surface area contributed by atoms with Gasteiger partial charge in [-0.1, -0.05) is 12.1 Å². The van der Waals surface area contributed by atoms with Crippen molar-refractivity contribution in [2.45, 2.75) is 19.4 Å². The van der Waals surface area contributed by atoms with Crippen LogP contribution in [0.25, 0.3) is 0 Å². The quantitative estimate of drug-likeness (QED) is 0.861. The van der Waals surface area contributed by atoms with Crippen molar-refractivity contribution in [1.82, 2.24) is 20.2 Å². The van der Waals surface area contributed by atoms with Crippen LogP contribution in [0.4, 0.5) is 0 Å². The van der Waals surface area contributed by atoms with Gasteiger partial charge in [0.05, 0.1) is 7.11 Å². The number of hydrogen-bond acceptors (Lipinski definition) is 5. The molecule has 1 atom stereocenters. The summed E-state index contributed by atoms with van der Waals surface area (Å²) in [5, 5.41) is 20.1. The second-order valence-corrected chi connectivity index (χ2v) is 4.08. The number of nitrogens with zero attached hydrogens (tertiary/aromatic N) is 4. The van der Waals surface area contributed by atoms with Crippen LogP contribution in [-0.4, -0.2) is 38.4 Å². The predicted molar refractivity (Wildman–Crippen MR) is 66.0 cm³/mol. The zero-order valence-corrected chi connectivity index (χ0v) is 10.6. The summed E-state index contributed by atoms with van der Waals surface area (Å²) in [5.41, 5.74) is 0.952. The third-order valence-electron chi connectivity index (χ3n) is 2.78. The molecule has 2 rings (SSSR count). The Morgan fingerprint density at radius 3 is 3.00 bits per heavy atom. The molecule has 0 aliphatic carbocycles. The molecule has 2 aromatic rings. The highest BCUT2D eigenvalue weighted by Crippen LogP contribution is 2.16. The van der Waals surface area contributed by atoms with Gasteiger partial charge in [-0.25, -0.2) is 9.48 Å². The zero-order chi connectivity index (χ0) is 13.8. The van der Waals surface area contributed by atoms with E-state index in [4.69, 9.17) is 9.84 Å². The Bertz CT molecular complexity index is 582. The van der Waals surface area contributed by atoms with E-state index in [2.05, 4.69) is 15.5 Å². The van der Waals surface area contributed by atoms with Crippen molar-refractivity contribution in [2.75, 3.05) is 7.11 Å². The van der Waals surface area contributed by atoms with Crippen molar-refractivity contribution < 1.29 is 14.6 Å². The molecule has 19 heavy (non-hydrogen) atoms. The number of rotatable bonds is 5. The van der Waals surface area contributed by atoms with Crippen LogP contribution in [0.3, 0.4) is 0 Å². The second kappa shape index (κ2) is 5.47. The molecule has 1 aromatic heterocycles. The Morgan fingerprint density at radius 1 is 1.53 bits per heavy atom. The summed E-state index contributed by atoms with van der Waals surface area (Å²) in [5.74, 6) is 0.269. The highest BCUT2D eigenvalue weighted by atomic mass is 16.5. The van der Waals surface area contributed by atoms with Crippen LogP contribution in [-0.2, 0) is 11.2 Å². The van der Waals surface area contributed by atoms with Gasteiger partial charge in [-0.15, -0.1) is 5.10 Å². The van der Waals surface area contributed by atoms with Gasteiger partial charge in [-0.3, -0.25) is 0 Å². The van der Waals surface area contributed by atoms with Crippen LogP contribution >= 0.6 is 0 Å². The number of hydrogen-bond donors (Lipinski definition) is 1. The average Bonchev–Trinajstić information content (AvgIpc) is 2.86. The Labute approximate surface area is 109 Å². The largest absolute Gasteiger partial charge is 0.497 e. The number of carbonyl (C=O) groups is 1. The number of carboxylic acids is 1. The van der Waals surface area contributed by atoms with Gasteiger partial charge in [0.1, 0.15) is 11.8 Å². The molecular formula is C12H14N4O3. The minimum absolute atomic E-state index is 0.446. The smallest absolute Gasteiger partial charge is 0.328 e. The molecule has 0 aliphatic heterocycles. The van der Waals surface area contributed by atoms with Crippen molar-refractivity contribution in [3.8, 4) is 5.75 Å². The van der Waals surface area contributed by atoms with E-state index in [1.54, 1.807) is 7.11 Å². The van der Waals surface area contributed by atoms with Crippen molar-refractivity contribution >= 4 is 5.97 Å². The van der Waals surface area contributed by atoms with E-state index >= 15 is 0 Å². The molecular weight excluding hydrogens is 248 g/mol. The molecule has 1 heterocycles. The first-order valence-corrected chi connectivity index (χ1v) is 5.74. The fraction of sp³-hybridized carbons (Fsp3) is 0.333. The maximum Gasteiger partial charge on any atom is 0.328 e. The predicted octanol–water partition coefficient (Wildman–Crippen LogP) is 0.918. The molecule has 100 valence electrons. The second-order valence-electron chi connectivity index (χ2n) is 4.08. The Balaban J connectivity index is 2.24. The first-order chi connectivity index (χ1) is 9.11. The minimum Gasteiger partial charge on any atom is -0.497 e. The van der Waals surface area contributed by atoms with E-state index in [1.165, 1.54) is 11.6 Å². The SMILES string of the molecule is COc1cccc(Cc2nnnn2C(C)C(=O)O)c1. The summed E-state index contributed by atoms with van der Waals surface area (Å²) in [4.78, 5) is 11.0. The number of benzene rings is 1. The lowest BCUT2D eigenvalue weighted by atomic mass is 10.1. The number of aromatic nitrogens is 4. The average molecular weight is 262 g/mol. The molecule has 0 saturated carbocycles. The summed E-state index contributed by atoms with van der Waals surface area (Å²) < 4.78 is 6.44. The van der Waals surface area contributed by atoms with Crippen molar-refractivity contribution in [1.29, 1.82) is 0 Å². The molecule has 7 heteroatoms. The first-order valence-electron chi connectivity index (χ1n) is 5.74. The summed E-state index contributed by atoms with van der Waals surface area (Å²) in [7, 11) is 1.59. The normalized spacial score (nSPS) is 12.1. The third-order valence-corrected chi connectivity index (χ3v) is 2.78. The van der Waals surface area contributed by atoms with Gasteiger partial charge in [0.15, 0.2) is 5.82 Å². The van der Waals surface area contributed by atoms with Gasteiger partial charge in [-0.2, -0.15) is 0 Å². The van der Waals surface area contributed by atoms with Gasteiger partial charge in [0.2, 0.25) is 0 Å². The van der Waals surface area contributed by atoms with Gasteiger partial charge in [-0.05, 0) is 35.0 Å². The fourth-order valence-electron chi connectivity index (χ4n) is 1.70. The lowest BCUT2D eigenvalue weighted by Gasteiger charge is -2.09. The maximum atomic E-state index is 11.0. The number of aliphatic carboxylic acids is 1. The number of ether oxygens (including phenoxy) is 1. The Morgan fingerprint density at radius 2 is 2.32 bits per heavy atom. The molecule has 1 N–H and O–H groups in total. The number of tetrazole rings is 1. The van der Waals surface area contributed by atoms with Crippen LogP contribution in [0, 0.1) is 0 Å². The van der Waals surface area contributed by atoms with Crippen molar-refractivity contribution in [3.05, 3.63) is 35.7 Å². The maximum absolute atomic E-state index is 11.0. The molecule has 7 nitrogen and oxygen atoms in total. The summed E-state index contributed by atoms with van der Waals surface area (Å²) in [6.45, 7) is 1.54. The van der Waals surface area contributed by atoms with Crippen LogP contribution in [0.15, 0.2) is 24.3 Å². The van der Waals surface area contributed by atoms with E-state index in [0.717, 1.165) is 11.3 Å². The molecule has 0 amide bonds. The summed E-state index contributed by atoms with van der Waals surface area (Å²) in [6.07, 6.45) is 0.446. The molecule has 1 unspecified atom stereocenters. The van der Waals surface area contributed by atoms with E-state index in [-0.39, 0.29) is 0 Å². The lowest BCUT2D eigenvalue weighted by Crippen LogP contribution is -2.19. The monoisotopic (exact) mass is 262 g/mol. The molecule has 0 saturated heterocycles. The minimum atomic E-state index is -0.973. The highest BCUT2D eigenvalue weighted by Gasteiger charge is 2.19. The van der Waals surface area contributed by atoms with Gasteiger partial charge < -0.3 is 9.84 Å². The topological polar surface area (TPSA) is 90.1 Å². The summed E-state index contributed by atoms with van der Waals surface area (Å²) in [6, 6.07) is 6.68. The standard InChI is InChI=1S/C12H14N4O3/c1-8(12(17)18)16-11(13-14-15-16)7-9-4-3-5-10(6-9)19-2/h3-6,8H,7H2,1-2H3,(H,17,18). The molecule has 1 aromatic carbocycles. The van der Waals surface area contributed by atoms with Gasteiger partial charge in [0, 0.05) is 6.42 Å². The molecule has 0 spiro atoms. The first kappa shape index (κ1) is 13.0. The highest BCUT2D eigenvalue weighted by molar-refractivity contribution is 5.71. The van der Waals surface area contributed by atoms with Gasteiger partial charge >= 0.3 is 5.97 Å².